The largest absolute Gasteiger partial charge is 0.389 e. The number of hydrogen-bond donors (Lipinski definition) is 2. The number of nitrogens with one attached hydrogen (secondary N) is 1. The maximum atomic E-state index is 10.5. The van der Waals surface area contributed by atoms with Crippen LogP contribution in [-0.2, 0) is 13.5 Å². The second kappa shape index (κ2) is 4.33. The molecule has 0 radical (unpaired) electrons. The highest BCUT2D eigenvalue weighted by molar-refractivity contribution is 4.99. The molecule has 1 aliphatic rings. The first-order valence-electron chi connectivity index (χ1n) is 5.59. The maximum Gasteiger partial charge on any atom is 0.111 e. The average molecular weight is 209 g/mol. The first-order valence-corrected chi connectivity index (χ1v) is 5.59. The molecule has 0 aromatic carbocycles. The Morgan fingerprint density at radius 3 is 3.13 bits per heavy atom. The Morgan fingerprint density at radius 1 is 1.53 bits per heavy atom. The smallest absolute Gasteiger partial charge is 0.111 e. The monoisotopic (exact) mass is 209 g/mol. The molecule has 1 aromatic heterocycles. The normalized spacial score (nSPS) is 27.6. The summed E-state index contributed by atoms with van der Waals surface area (Å²) in [6.45, 7) is 1.92. The Hall–Kier alpha value is -0.870. The van der Waals surface area contributed by atoms with E-state index < -0.39 is 5.60 Å². The van der Waals surface area contributed by atoms with Gasteiger partial charge in [0.1, 0.15) is 5.82 Å². The summed E-state index contributed by atoms with van der Waals surface area (Å²) in [5.41, 5.74) is -0.567. The molecule has 0 bridgehead atoms. The predicted octanol–water partition coefficient (Wildman–Crippen LogP) is 0.467. The van der Waals surface area contributed by atoms with Crippen LogP contribution in [0.4, 0.5) is 0 Å². The van der Waals surface area contributed by atoms with E-state index >= 15 is 0 Å². The van der Waals surface area contributed by atoms with Gasteiger partial charge >= 0.3 is 0 Å². The van der Waals surface area contributed by atoms with Crippen molar-refractivity contribution in [2.75, 3.05) is 13.1 Å². The van der Waals surface area contributed by atoms with Crippen LogP contribution in [0.25, 0.3) is 0 Å². The van der Waals surface area contributed by atoms with Gasteiger partial charge in [-0.2, -0.15) is 0 Å². The zero-order valence-electron chi connectivity index (χ0n) is 9.24. The van der Waals surface area contributed by atoms with Gasteiger partial charge in [0.25, 0.3) is 0 Å². The molecule has 0 aliphatic carbocycles. The molecule has 15 heavy (non-hydrogen) atoms. The molecule has 2 N–H and O–H groups in total. The van der Waals surface area contributed by atoms with Crippen molar-refractivity contribution in [3.05, 3.63) is 18.2 Å². The third-order valence-corrected chi connectivity index (χ3v) is 3.17. The molecule has 1 saturated heterocycles. The van der Waals surface area contributed by atoms with Crippen LogP contribution in [0.1, 0.15) is 25.1 Å². The van der Waals surface area contributed by atoms with Crippen molar-refractivity contribution in [1.82, 2.24) is 14.9 Å². The van der Waals surface area contributed by atoms with Crippen molar-refractivity contribution in [1.29, 1.82) is 0 Å². The summed E-state index contributed by atoms with van der Waals surface area (Å²) in [5.74, 6) is 0.972. The Morgan fingerprint density at radius 2 is 2.40 bits per heavy atom. The molecule has 0 amide bonds. The number of nitrogens with zero attached hydrogens (tertiary/aromatic N) is 2. The number of aliphatic hydroxyl groups is 1. The molecule has 1 atom stereocenters. The molecule has 4 heteroatoms. The number of imidazole rings is 1. The first kappa shape index (κ1) is 10.6. The van der Waals surface area contributed by atoms with Gasteiger partial charge in [0.2, 0.25) is 0 Å². The Kier molecular flexibility index (Phi) is 3.07. The van der Waals surface area contributed by atoms with Gasteiger partial charge in [-0.05, 0) is 32.4 Å². The van der Waals surface area contributed by atoms with Crippen molar-refractivity contribution in [3.63, 3.8) is 0 Å². The van der Waals surface area contributed by atoms with Crippen molar-refractivity contribution >= 4 is 0 Å². The summed E-state index contributed by atoms with van der Waals surface area (Å²) in [7, 11) is 1.97. The standard InChI is InChI=1S/C11H19N3O/c1-14-8-7-13-10(14)9-11(15)3-2-5-12-6-4-11/h7-8,12,15H,2-6,9H2,1H3. The van der Waals surface area contributed by atoms with Crippen LogP contribution in [0, 0.1) is 0 Å². The summed E-state index contributed by atoms with van der Waals surface area (Å²) in [6, 6.07) is 0. The fourth-order valence-corrected chi connectivity index (χ4v) is 2.15. The van der Waals surface area contributed by atoms with E-state index in [1.54, 1.807) is 6.20 Å². The lowest BCUT2D eigenvalue weighted by molar-refractivity contribution is 0.0260. The van der Waals surface area contributed by atoms with Crippen LogP contribution in [0.2, 0.25) is 0 Å². The van der Waals surface area contributed by atoms with Crippen LogP contribution < -0.4 is 5.32 Å². The van der Waals surface area contributed by atoms with Crippen LogP contribution in [-0.4, -0.2) is 33.3 Å². The van der Waals surface area contributed by atoms with Gasteiger partial charge in [-0.15, -0.1) is 0 Å². The molecule has 84 valence electrons. The molecular formula is C11H19N3O. The van der Waals surface area contributed by atoms with E-state index in [1.807, 2.05) is 17.8 Å². The quantitative estimate of drug-likeness (QED) is 0.744. The SMILES string of the molecule is Cn1ccnc1CC1(O)CCCNCC1. The van der Waals surface area contributed by atoms with Crippen molar-refractivity contribution < 1.29 is 5.11 Å². The Bertz CT molecular complexity index is 313. The summed E-state index contributed by atoms with van der Waals surface area (Å²) in [6.07, 6.45) is 7.10. The van der Waals surface area contributed by atoms with Gasteiger partial charge in [-0.3, -0.25) is 0 Å². The van der Waals surface area contributed by atoms with Crippen molar-refractivity contribution in [3.8, 4) is 0 Å². The Balaban J connectivity index is 2.05. The van der Waals surface area contributed by atoms with E-state index in [4.69, 9.17) is 0 Å². The van der Waals surface area contributed by atoms with E-state index in [1.165, 1.54) is 0 Å². The number of rotatable bonds is 2. The van der Waals surface area contributed by atoms with Gasteiger partial charge in [-0.1, -0.05) is 0 Å². The fourth-order valence-electron chi connectivity index (χ4n) is 2.15. The zero-order chi connectivity index (χ0) is 10.7. The lowest BCUT2D eigenvalue weighted by atomic mass is 9.91. The van der Waals surface area contributed by atoms with Crippen LogP contribution in [0.15, 0.2) is 12.4 Å². The summed E-state index contributed by atoms with van der Waals surface area (Å²) in [5, 5.41) is 13.8. The molecular weight excluding hydrogens is 190 g/mol. The third kappa shape index (κ3) is 2.58. The molecule has 1 aliphatic heterocycles. The molecule has 1 aromatic rings. The van der Waals surface area contributed by atoms with Gasteiger partial charge in [-0.25, -0.2) is 4.98 Å². The van der Waals surface area contributed by atoms with E-state index in [-0.39, 0.29) is 0 Å². The minimum Gasteiger partial charge on any atom is -0.389 e. The lowest BCUT2D eigenvalue weighted by Crippen LogP contribution is -2.33. The van der Waals surface area contributed by atoms with Gasteiger partial charge < -0.3 is 15.0 Å². The highest BCUT2D eigenvalue weighted by Crippen LogP contribution is 2.23. The van der Waals surface area contributed by atoms with Gasteiger partial charge in [0.05, 0.1) is 5.60 Å². The summed E-state index contributed by atoms with van der Waals surface area (Å²) < 4.78 is 1.98. The van der Waals surface area contributed by atoms with Gasteiger partial charge in [0.15, 0.2) is 0 Å². The second-order valence-corrected chi connectivity index (χ2v) is 4.46. The van der Waals surface area contributed by atoms with Crippen molar-refractivity contribution in [2.24, 2.45) is 7.05 Å². The van der Waals surface area contributed by atoms with E-state index in [0.717, 1.165) is 38.2 Å². The van der Waals surface area contributed by atoms with Crippen LogP contribution >= 0.6 is 0 Å². The number of aryl methyl sites for hydroxylation is 1. The predicted molar refractivity (Wildman–Crippen MR) is 58.6 cm³/mol. The first-order chi connectivity index (χ1) is 7.20. The molecule has 2 heterocycles. The van der Waals surface area contributed by atoms with Crippen molar-refractivity contribution in [2.45, 2.75) is 31.3 Å². The molecule has 2 rings (SSSR count). The van der Waals surface area contributed by atoms with Crippen LogP contribution in [0.5, 0.6) is 0 Å². The van der Waals surface area contributed by atoms with Gasteiger partial charge in [0, 0.05) is 25.9 Å². The minimum atomic E-state index is -0.567. The molecule has 4 nitrogen and oxygen atoms in total. The summed E-state index contributed by atoms with van der Waals surface area (Å²) >= 11 is 0. The molecule has 1 fully saturated rings. The molecule has 1 unspecified atom stereocenters. The second-order valence-electron chi connectivity index (χ2n) is 4.46. The minimum absolute atomic E-state index is 0.567. The highest BCUT2D eigenvalue weighted by atomic mass is 16.3. The van der Waals surface area contributed by atoms with E-state index in [2.05, 4.69) is 10.3 Å². The Labute approximate surface area is 90.3 Å². The van der Waals surface area contributed by atoms with Crippen LogP contribution in [0.3, 0.4) is 0 Å². The summed E-state index contributed by atoms with van der Waals surface area (Å²) in [4.78, 5) is 4.27. The molecule has 0 saturated carbocycles. The van der Waals surface area contributed by atoms with E-state index in [0.29, 0.717) is 6.42 Å². The average Bonchev–Trinajstić information content (AvgIpc) is 2.48. The topological polar surface area (TPSA) is 50.1 Å². The lowest BCUT2D eigenvalue weighted by Gasteiger charge is -2.25. The fraction of sp³-hybridized carbons (Fsp3) is 0.727. The number of aromatic nitrogens is 2. The van der Waals surface area contributed by atoms with E-state index in [9.17, 15) is 5.11 Å². The highest BCUT2D eigenvalue weighted by Gasteiger charge is 2.29. The maximum absolute atomic E-state index is 10.5. The zero-order valence-corrected chi connectivity index (χ0v) is 9.24. The molecule has 0 spiro atoms. The third-order valence-electron chi connectivity index (χ3n) is 3.17. The number of hydrogen-bond acceptors (Lipinski definition) is 3.